The smallest absolute Gasteiger partial charge is 0.0947 e. The summed E-state index contributed by atoms with van der Waals surface area (Å²) in [7, 11) is 0. The maximum absolute atomic E-state index is 8.83. The van der Waals surface area contributed by atoms with Gasteiger partial charge in [-0.15, -0.1) is 12.4 Å². The Kier molecular flexibility index (Phi) is 3.27. The van der Waals surface area contributed by atoms with Crippen LogP contribution in [0.2, 0.25) is 0 Å². The molecule has 0 aliphatic rings. The van der Waals surface area contributed by atoms with Gasteiger partial charge in [0.05, 0.1) is 18.1 Å². The zero-order valence-corrected chi connectivity index (χ0v) is 5.85. The minimum atomic E-state index is -0.457. The molecular weight excluding hydrogens is 140 g/mol. The molecule has 0 amide bonds. The first-order valence-corrected chi connectivity index (χ1v) is 2.47. The minimum Gasteiger partial charge on any atom is -0.387 e. The summed E-state index contributed by atoms with van der Waals surface area (Å²) in [5.41, 5.74) is 0.685. The average molecular weight is 149 g/mol. The van der Waals surface area contributed by atoms with Crippen LogP contribution in [0.4, 0.5) is 0 Å². The molecule has 1 rings (SSSR count). The number of aromatic nitrogens is 2. The summed E-state index contributed by atoms with van der Waals surface area (Å²) >= 11 is 0. The largest absolute Gasteiger partial charge is 0.387 e. The molecule has 3 nitrogen and oxygen atoms in total. The molecule has 0 aliphatic heterocycles. The van der Waals surface area contributed by atoms with Crippen LogP contribution in [0.1, 0.15) is 18.7 Å². The predicted octanol–water partition coefficient (Wildman–Crippen LogP) is 0.885. The lowest BCUT2D eigenvalue weighted by atomic mass is 10.3. The summed E-state index contributed by atoms with van der Waals surface area (Å²) in [6, 6.07) is 0. The van der Waals surface area contributed by atoms with E-state index in [4.69, 9.17) is 5.11 Å². The Morgan fingerprint density at radius 2 is 2.44 bits per heavy atom. The standard InChI is InChI=1S/C5H8N2O.ClH/c1-4(8)5-2-6-3-7-5;/h2-4,8H,1H3,(H,6,7);1H. The first-order chi connectivity index (χ1) is 3.80. The van der Waals surface area contributed by atoms with Gasteiger partial charge in [0.25, 0.3) is 0 Å². The molecule has 0 saturated carbocycles. The van der Waals surface area contributed by atoms with E-state index in [1.807, 2.05) is 0 Å². The van der Waals surface area contributed by atoms with E-state index in [2.05, 4.69) is 9.97 Å². The lowest BCUT2D eigenvalue weighted by Gasteiger charge is -1.93. The van der Waals surface area contributed by atoms with E-state index in [1.54, 1.807) is 19.4 Å². The number of rotatable bonds is 1. The van der Waals surface area contributed by atoms with E-state index in [9.17, 15) is 0 Å². The number of nitrogens with one attached hydrogen (secondary N) is 1. The van der Waals surface area contributed by atoms with Gasteiger partial charge in [-0.3, -0.25) is 0 Å². The summed E-state index contributed by atoms with van der Waals surface area (Å²) < 4.78 is 0. The van der Waals surface area contributed by atoms with Crippen molar-refractivity contribution < 1.29 is 5.11 Å². The van der Waals surface area contributed by atoms with Crippen LogP contribution in [-0.4, -0.2) is 15.1 Å². The van der Waals surface area contributed by atoms with Crippen LogP contribution in [0.3, 0.4) is 0 Å². The Hall–Kier alpha value is -0.540. The average Bonchev–Trinajstić information content (AvgIpc) is 2.12. The third-order valence-corrected chi connectivity index (χ3v) is 0.947. The molecule has 4 heteroatoms. The highest BCUT2D eigenvalue weighted by Gasteiger charge is 1.98. The van der Waals surface area contributed by atoms with E-state index in [-0.39, 0.29) is 12.4 Å². The van der Waals surface area contributed by atoms with E-state index >= 15 is 0 Å². The number of aromatic amines is 1. The van der Waals surface area contributed by atoms with Crippen LogP contribution < -0.4 is 0 Å². The zero-order chi connectivity index (χ0) is 5.98. The van der Waals surface area contributed by atoms with E-state index < -0.39 is 6.10 Å². The van der Waals surface area contributed by atoms with E-state index in [1.165, 1.54) is 0 Å². The minimum absolute atomic E-state index is 0. The van der Waals surface area contributed by atoms with Gasteiger partial charge in [0.1, 0.15) is 0 Å². The van der Waals surface area contributed by atoms with E-state index in [0.717, 1.165) is 0 Å². The van der Waals surface area contributed by atoms with Crippen molar-refractivity contribution in [3.05, 3.63) is 18.2 Å². The van der Waals surface area contributed by atoms with Crippen LogP contribution in [0.5, 0.6) is 0 Å². The van der Waals surface area contributed by atoms with Crippen LogP contribution in [-0.2, 0) is 0 Å². The number of nitrogens with zero attached hydrogens (tertiary/aromatic N) is 1. The fraction of sp³-hybridized carbons (Fsp3) is 0.400. The van der Waals surface area contributed by atoms with Crippen molar-refractivity contribution in [2.24, 2.45) is 0 Å². The molecule has 1 aromatic heterocycles. The zero-order valence-electron chi connectivity index (χ0n) is 5.03. The Morgan fingerprint density at radius 3 is 2.67 bits per heavy atom. The first kappa shape index (κ1) is 8.46. The SMILES string of the molecule is CC(O)c1c[nH]cn1.Cl. The van der Waals surface area contributed by atoms with Gasteiger partial charge in [-0.05, 0) is 6.92 Å². The lowest BCUT2D eigenvalue weighted by Crippen LogP contribution is -1.88. The maximum Gasteiger partial charge on any atom is 0.0947 e. The van der Waals surface area contributed by atoms with Crippen molar-refractivity contribution in [3.63, 3.8) is 0 Å². The van der Waals surface area contributed by atoms with Crippen molar-refractivity contribution in [1.82, 2.24) is 9.97 Å². The monoisotopic (exact) mass is 148 g/mol. The Labute approximate surface area is 59.5 Å². The summed E-state index contributed by atoms with van der Waals surface area (Å²) in [5, 5.41) is 8.83. The van der Waals surface area contributed by atoms with Crippen LogP contribution in [0, 0.1) is 0 Å². The van der Waals surface area contributed by atoms with Crippen LogP contribution in [0.15, 0.2) is 12.5 Å². The molecule has 0 aromatic carbocycles. The third-order valence-electron chi connectivity index (χ3n) is 0.947. The normalized spacial score (nSPS) is 12.2. The molecule has 0 aliphatic carbocycles. The van der Waals surface area contributed by atoms with Crippen molar-refractivity contribution in [2.45, 2.75) is 13.0 Å². The van der Waals surface area contributed by atoms with Crippen LogP contribution >= 0.6 is 12.4 Å². The van der Waals surface area contributed by atoms with Gasteiger partial charge in [-0.2, -0.15) is 0 Å². The summed E-state index contributed by atoms with van der Waals surface area (Å²) in [4.78, 5) is 6.55. The fourth-order valence-electron chi connectivity index (χ4n) is 0.500. The summed E-state index contributed by atoms with van der Waals surface area (Å²) in [5.74, 6) is 0. The van der Waals surface area contributed by atoms with E-state index in [0.29, 0.717) is 5.69 Å². The van der Waals surface area contributed by atoms with Crippen molar-refractivity contribution >= 4 is 12.4 Å². The topological polar surface area (TPSA) is 48.9 Å². The van der Waals surface area contributed by atoms with Gasteiger partial charge >= 0.3 is 0 Å². The number of aliphatic hydroxyl groups excluding tert-OH is 1. The van der Waals surface area contributed by atoms with Gasteiger partial charge < -0.3 is 10.1 Å². The van der Waals surface area contributed by atoms with Gasteiger partial charge in [0, 0.05) is 6.20 Å². The molecule has 0 spiro atoms. The number of hydrogen-bond acceptors (Lipinski definition) is 2. The number of halogens is 1. The predicted molar refractivity (Wildman–Crippen MR) is 36.5 cm³/mol. The van der Waals surface area contributed by atoms with Crippen molar-refractivity contribution in [3.8, 4) is 0 Å². The number of hydrogen-bond donors (Lipinski definition) is 2. The van der Waals surface area contributed by atoms with Gasteiger partial charge in [0.2, 0.25) is 0 Å². The molecule has 9 heavy (non-hydrogen) atoms. The summed E-state index contributed by atoms with van der Waals surface area (Å²) in [6.07, 6.45) is 2.76. The molecule has 0 radical (unpaired) electrons. The van der Waals surface area contributed by atoms with Gasteiger partial charge in [-0.1, -0.05) is 0 Å². The van der Waals surface area contributed by atoms with Crippen molar-refractivity contribution in [2.75, 3.05) is 0 Å². The number of H-pyrrole nitrogens is 1. The molecule has 1 unspecified atom stereocenters. The molecule has 0 fully saturated rings. The Bertz CT molecular complexity index is 150. The lowest BCUT2D eigenvalue weighted by molar-refractivity contribution is 0.195. The first-order valence-electron chi connectivity index (χ1n) is 2.47. The molecule has 0 saturated heterocycles. The Balaban J connectivity index is 0.000000640. The molecule has 1 heterocycles. The second kappa shape index (κ2) is 3.48. The highest BCUT2D eigenvalue weighted by atomic mass is 35.5. The van der Waals surface area contributed by atoms with Crippen LogP contribution in [0.25, 0.3) is 0 Å². The summed E-state index contributed by atoms with van der Waals surface area (Å²) in [6.45, 7) is 1.68. The molecular formula is C5H9ClN2O. The highest BCUT2D eigenvalue weighted by molar-refractivity contribution is 5.85. The second-order valence-corrected chi connectivity index (χ2v) is 1.67. The molecule has 0 bridgehead atoms. The fourth-order valence-corrected chi connectivity index (χ4v) is 0.500. The quantitative estimate of drug-likeness (QED) is 0.622. The highest BCUT2D eigenvalue weighted by Crippen LogP contribution is 2.04. The second-order valence-electron chi connectivity index (χ2n) is 1.67. The van der Waals surface area contributed by atoms with Gasteiger partial charge in [-0.25, -0.2) is 4.98 Å². The molecule has 1 atom stereocenters. The molecule has 1 aromatic rings. The molecule has 2 N–H and O–H groups in total. The molecule has 52 valence electrons. The number of aliphatic hydroxyl groups is 1. The maximum atomic E-state index is 8.83. The Morgan fingerprint density at radius 1 is 1.78 bits per heavy atom. The number of imidazole rings is 1. The van der Waals surface area contributed by atoms with Crippen molar-refractivity contribution in [1.29, 1.82) is 0 Å². The van der Waals surface area contributed by atoms with Gasteiger partial charge in [0.15, 0.2) is 0 Å². The third kappa shape index (κ3) is 2.03.